The molecule has 0 amide bonds. The molecular formula is C12H12BF4KO. The van der Waals surface area contributed by atoms with E-state index in [0.29, 0.717) is 11.3 Å². The van der Waals surface area contributed by atoms with Crippen LogP contribution in [0.4, 0.5) is 17.3 Å². The van der Waals surface area contributed by atoms with Crippen molar-refractivity contribution in [1.82, 2.24) is 0 Å². The molecule has 0 spiro atoms. The fourth-order valence-electron chi connectivity index (χ4n) is 3.51. The van der Waals surface area contributed by atoms with Crippen LogP contribution in [-0.4, -0.2) is 14.1 Å². The van der Waals surface area contributed by atoms with Gasteiger partial charge in [0.25, 0.3) is 0 Å². The fourth-order valence-corrected chi connectivity index (χ4v) is 3.51. The molecule has 7 heteroatoms. The minimum atomic E-state index is -4.78. The van der Waals surface area contributed by atoms with Gasteiger partial charge in [0.15, 0.2) is 0 Å². The molecule has 0 heterocycles. The molecule has 2 bridgehead atoms. The van der Waals surface area contributed by atoms with Crippen molar-refractivity contribution in [2.24, 2.45) is 0 Å². The third kappa shape index (κ3) is 2.21. The zero-order valence-electron chi connectivity index (χ0n) is 10.9. The molecule has 1 aromatic carbocycles. The van der Waals surface area contributed by atoms with Gasteiger partial charge in [-0.05, 0) is 23.1 Å². The molecule has 0 N–H and O–H groups in total. The molecule has 1 nitrogen and oxygen atoms in total. The summed E-state index contributed by atoms with van der Waals surface area (Å²) in [6.07, 6.45) is 0.322. The molecule has 19 heavy (non-hydrogen) atoms. The van der Waals surface area contributed by atoms with Crippen LogP contribution in [-0.2, 0) is 5.41 Å². The van der Waals surface area contributed by atoms with Crippen molar-refractivity contribution in [3.8, 4) is 5.75 Å². The Morgan fingerprint density at radius 3 is 2.16 bits per heavy atom. The number of benzene rings is 1. The van der Waals surface area contributed by atoms with Gasteiger partial charge in [-0.2, -0.15) is 0 Å². The predicted octanol–water partition coefficient (Wildman–Crippen LogP) is 0.861. The van der Waals surface area contributed by atoms with Crippen molar-refractivity contribution in [2.75, 3.05) is 7.11 Å². The van der Waals surface area contributed by atoms with Gasteiger partial charge < -0.3 is 17.7 Å². The molecule has 0 saturated heterocycles. The van der Waals surface area contributed by atoms with Crippen molar-refractivity contribution in [1.29, 1.82) is 0 Å². The minimum Gasteiger partial charge on any atom is -0.497 e. The first-order valence-corrected chi connectivity index (χ1v) is 5.85. The summed E-state index contributed by atoms with van der Waals surface area (Å²) < 4.78 is 56.7. The van der Waals surface area contributed by atoms with Crippen molar-refractivity contribution in [3.05, 3.63) is 29.6 Å². The summed E-state index contributed by atoms with van der Waals surface area (Å²) in [7, 11) is 1.42. The van der Waals surface area contributed by atoms with Gasteiger partial charge in [0.05, 0.1) is 7.11 Å². The first-order valence-electron chi connectivity index (χ1n) is 5.85. The first kappa shape index (κ1) is 15.8. The second-order valence-electron chi connectivity index (χ2n) is 5.63. The maximum Gasteiger partial charge on any atom is 1.00 e. The monoisotopic (exact) mass is 298 g/mol. The molecule has 98 valence electrons. The Hall–Kier alpha value is 0.441. The number of methoxy groups -OCH3 is 1. The zero-order valence-corrected chi connectivity index (χ0v) is 14.0. The standard InChI is InChI=1S/C12H12BF4O.K/c1-18-10-3-8(2-9(14)4-10)11-5-12(6-11,7-11)13(15,16)17;/h2-4H,5-7H2,1H3;/q-1;+1. The van der Waals surface area contributed by atoms with Crippen LogP contribution in [0.3, 0.4) is 0 Å². The molecule has 3 aliphatic carbocycles. The summed E-state index contributed by atoms with van der Waals surface area (Å²) in [5.41, 5.74) is 0.174. The minimum absolute atomic E-state index is 0. The fraction of sp³-hybridized carbons (Fsp3) is 0.500. The molecule has 1 aromatic rings. The van der Waals surface area contributed by atoms with Crippen molar-refractivity contribution < 1.29 is 73.5 Å². The van der Waals surface area contributed by atoms with E-state index in [2.05, 4.69) is 0 Å². The Labute approximate surface area is 151 Å². The SMILES string of the molecule is COc1cc(F)cc(C23CC([B-](F)(F)F)(C2)C3)c1.[K+]. The topological polar surface area (TPSA) is 9.23 Å². The largest absolute Gasteiger partial charge is 1.00 e. The second-order valence-corrected chi connectivity index (χ2v) is 5.63. The molecular weight excluding hydrogens is 286 g/mol. The van der Waals surface area contributed by atoms with Gasteiger partial charge in [-0.1, -0.05) is 24.6 Å². The molecule has 3 fully saturated rings. The first-order chi connectivity index (χ1) is 8.30. The molecule has 0 atom stereocenters. The van der Waals surface area contributed by atoms with E-state index in [9.17, 15) is 17.3 Å². The van der Waals surface area contributed by atoms with E-state index < -0.39 is 23.5 Å². The van der Waals surface area contributed by atoms with Crippen molar-refractivity contribution >= 4 is 6.98 Å². The summed E-state index contributed by atoms with van der Waals surface area (Å²) in [6, 6.07) is 4.21. The third-order valence-corrected chi connectivity index (χ3v) is 4.49. The Bertz CT molecular complexity index is 497. The van der Waals surface area contributed by atoms with Crippen LogP contribution in [0.25, 0.3) is 0 Å². The Balaban J connectivity index is 0.00000133. The van der Waals surface area contributed by atoms with E-state index in [1.165, 1.54) is 19.2 Å². The van der Waals surface area contributed by atoms with E-state index in [0.717, 1.165) is 0 Å². The van der Waals surface area contributed by atoms with Gasteiger partial charge in [0.1, 0.15) is 11.6 Å². The van der Waals surface area contributed by atoms with Crippen molar-refractivity contribution in [3.63, 3.8) is 0 Å². The zero-order chi connectivity index (χ0) is 13.2. The number of halogens is 4. The van der Waals surface area contributed by atoms with Crippen LogP contribution < -0.4 is 56.1 Å². The molecule has 0 unspecified atom stereocenters. The maximum atomic E-state index is 13.4. The summed E-state index contributed by atoms with van der Waals surface area (Å²) in [4.78, 5) is 0. The predicted molar refractivity (Wildman–Crippen MR) is 60.3 cm³/mol. The van der Waals surface area contributed by atoms with Gasteiger partial charge in [-0.25, -0.2) is 4.39 Å². The van der Waals surface area contributed by atoms with E-state index in [1.807, 2.05) is 0 Å². The number of hydrogen-bond acceptors (Lipinski definition) is 1. The van der Waals surface area contributed by atoms with Crippen LogP contribution in [0.2, 0.25) is 5.31 Å². The Morgan fingerprint density at radius 1 is 1.11 bits per heavy atom. The normalized spacial score (nSPS) is 31.8. The van der Waals surface area contributed by atoms with Crippen LogP contribution >= 0.6 is 0 Å². The van der Waals surface area contributed by atoms with Crippen LogP contribution in [0, 0.1) is 5.82 Å². The van der Waals surface area contributed by atoms with Crippen LogP contribution in [0.5, 0.6) is 5.75 Å². The van der Waals surface area contributed by atoms with Gasteiger partial charge in [-0.15, -0.1) is 0 Å². The van der Waals surface area contributed by atoms with E-state index in [-0.39, 0.29) is 70.6 Å². The van der Waals surface area contributed by atoms with Crippen LogP contribution in [0.15, 0.2) is 18.2 Å². The summed E-state index contributed by atoms with van der Waals surface area (Å²) in [5, 5.41) is -1.44. The second kappa shape index (κ2) is 4.73. The summed E-state index contributed by atoms with van der Waals surface area (Å²) in [6.45, 7) is -4.78. The Kier molecular flexibility index (Phi) is 3.94. The number of hydrogen-bond donors (Lipinski definition) is 0. The quantitative estimate of drug-likeness (QED) is 0.594. The molecule has 4 rings (SSSR count). The third-order valence-electron chi connectivity index (χ3n) is 4.49. The molecule has 3 aliphatic rings. The number of ether oxygens (including phenoxy) is 1. The molecule has 0 aliphatic heterocycles. The Morgan fingerprint density at radius 2 is 1.68 bits per heavy atom. The van der Waals surface area contributed by atoms with Gasteiger partial charge >= 0.3 is 58.4 Å². The smallest absolute Gasteiger partial charge is 0.497 e. The summed E-state index contributed by atoms with van der Waals surface area (Å²) in [5.74, 6) is -0.0954. The number of rotatable bonds is 3. The van der Waals surface area contributed by atoms with Gasteiger partial charge in [0.2, 0.25) is 0 Å². The molecule has 0 radical (unpaired) electrons. The maximum absolute atomic E-state index is 13.4. The van der Waals surface area contributed by atoms with E-state index in [4.69, 9.17) is 4.74 Å². The molecule has 0 aromatic heterocycles. The van der Waals surface area contributed by atoms with Gasteiger partial charge in [-0.3, -0.25) is 0 Å². The molecule has 3 saturated carbocycles. The average Bonchev–Trinajstić information content (AvgIpc) is 2.09. The van der Waals surface area contributed by atoms with E-state index >= 15 is 0 Å². The summed E-state index contributed by atoms with van der Waals surface area (Å²) >= 11 is 0. The van der Waals surface area contributed by atoms with Crippen molar-refractivity contribution in [2.45, 2.75) is 30.0 Å². The van der Waals surface area contributed by atoms with Crippen LogP contribution in [0.1, 0.15) is 24.8 Å². The van der Waals surface area contributed by atoms with E-state index in [1.54, 1.807) is 6.07 Å². The van der Waals surface area contributed by atoms with Gasteiger partial charge in [0, 0.05) is 6.07 Å². The average molecular weight is 298 g/mol.